The van der Waals surface area contributed by atoms with Gasteiger partial charge >= 0.3 is 0 Å². The largest absolute Gasteiger partial charge is 0.493 e. The van der Waals surface area contributed by atoms with E-state index in [2.05, 4.69) is 31.0 Å². The maximum atomic E-state index is 14.0. The first-order chi connectivity index (χ1) is 9.45. The monoisotopic (exact) mass is 352 g/mol. The van der Waals surface area contributed by atoms with E-state index >= 15 is 0 Å². The summed E-state index contributed by atoms with van der Waals surface area (Å²) < 4.78 is 19.3. The lowest BCUT2D eigenvalue weighted by Crippen LogP contribution is -2.48. The fourth-order valence-electron chi connectivity index (χ4n) is 3.11. The Morgan fingerprint density at radius 2 is 1.77 bits per heavy atom. The first-order valence-corrected chi connectivity index (χ1v) is 7.22. The lowest BCUT2D eigenvalue weighted by molar-refractivity contribution is 0.0837. The number of ether oxygens (including phenoxy) is 1. The number of nitrogens with one attached hydrogen (secondary N) is 1. The number of nitrogens with zero attached hydrogens (tertiary/aromatic N) is 1. The summed E-state index contributed by atoms with van der Waals surface area (Å²) in [5, 5.41) is 3.37. The highest BCUT2D eigenvalue weighted by atomic mass is 35.5. The molecule has 0 amide bonds. The van der Waals surface area contributed by atoms with Gasteiger partial charge in [0.15, 0.2) is 11.6 Å². The molecule has 3 nitrogen and oxygen atoms in total. The zero-order chi connectivity index (χ0) is 14.8. The van der Waals surface area contributed by atoms with Gasteiger partial charge in [0.2, 0.25) is 0 Å². The molecule has 1 heterocycles. The third kappa shape index (κ3) is 4.72. The Balaban J connectivity index is 0.00000220. The van der Waals surface area contributed by atoms with E-state index in [9.17, 15) is 4.39 Å². The smallest absolute Gasteiger partial charge is 0.165 e. The summed E-state index contributed by atoms with van der Waals surface area (Å²) in [6, 6.07) is 5.36. The van der Waals surface area contributed by atoms with Crippen LogP contribution in [0.25, 0.3) is 0 Å². The number of hydrogen-bond acceptors (Lipinski definition) is 3. The molecule has 2 rings (SSSR count). The molecular formula is C16H27Cl2FN2O. The number of rotatable bonds is 3. The number of benzene rings is 1. The van der Waals surface area contributed by atoms with Crippen LogP contribution < -0.4 is 10.1 Å². The van der Waals surface area contributed by atoms with Gasteiger partial charge in [0, 0.05) is 37.8 Å². The molecule has 1 aliphatic rings. The van der Waals surface area contributed by atoms with Gasteiger partial charge in [0.1, 0.15) is 0 Å². The van der Waals surface area contributed by atoms with Crippen molar-refractivity contribution in [3.8, 4) is 5.75 Å². The van der Waals surface area contributed by atoms with Gasteiger partial charge in [-0.2, -0.15) is 0 Å². The van der Waals surface area contributed by atoms with Crippen molar-refractivity contribution in [3.63, 3.8) is 0 Å². The zero-order valence-electron chi connectivity index (χ0n) is 13.7. The molecular weight excluding hydrogens is 326 g/mol. The van der Waals surface area contributed by atoms with Crippen molar-refractivity contribution < 1.29 is 9.13 Å². The molecule has 1 aromatic carbocycles. The zero-order valence-corrected chi connectivity index (χ0v) is 15.3. The van der Waals surface area contributed by atoms with E-state index in [1.54, 1.807) is 13.2 Å². The van der Waals surface area contributed by atoms with Crippen LogP contribution in [0.4, 0.5) is 4.39 Å². The lowest BCUT2D eigenvalue weighted by Gasteiger charge is -2.43. The van der Waals surface area contributed by atoms with Crippen molar-refractivity contribution in [1.82, 2.24) is 10.2 Å². The van der Waals surface area contributed by atoms with Crippen LogP contribution in [0.1, 0.15) is 32.4 Å². The van der Waals surface area contributed by atoms with Gasteiger partial charge in [0.25, 0.3) is 0 Å². The molecule has 0 radical (unpaired) electrons. The van der Waals surface area contributed by atoms with Crippen molar-refractivity contribution >= 4 is 24.8 Å². The quantitative estimate of drug-likeness (QED) is 0.897. The molecule has 22 heavy (non-hydrogen) atoms. The van der Waals surface area contributed by atoms with Crippen molar-refractivity contribution in [3.05, 3.63) is 29.6 Å². The Labute approximate surface area is 145 Å². The van der Waals surface area contributed by atoms with Gasteiger partial charge in [-0.15, -0.1) is 24.8 Å². The molecule has 1 atom stereocenters. The van der Waals surface area contributed by atoms with Crippen LogP contribution in [-0.4, -0.2) is 38.2 Å². The molecule has 1 N–H and O–H groups in total. The standard InChI is InChI=1S/C16H25FN2O.2ClH/c1-16(2,3)15(19-10-8-18-9-11-19)12-6-5-7-13(17)14(12)20-4;;/h5-7,15,18H,8-11H2,1-4H3;2*1H/t15-;;/m1../s1. The summed E-state index contributed by atoms with van der Waals surface area (Å²) in [5.74, 6) is 0.0975. The molecule has 0 bridgehead atoms. The second kappa shape index (κ2) is 8.92. The molecule has 1 aromatic rings. The average molecular weight is 353 g/mol. The van der Waals surface area contributed by atoms with Crippen LogP contribution in [-0.2, 0) is 0 Å². The van der Waals surface area contributed by atoms with Gasteiger partial charge < -0.3 is 10.1 Å². The molecule has 128 valence electrons. The summed E-state index contributed by atoms with van der Waals surface area (Å²) in [4.78, 5) is 2.42. The summed E-state index contributed by atoms with van der Waals surface area (Å²) in [5.41, 5.74) is 0.959. The van der Waals surface area contributed by atoms with Crippen LogP contribution in [0.5, 0.6) is 5.75 Å². The maximum absolute atomic E-state index is 14.0. The van der Waals surface area contributed by atoms with E-state index in [1.165, 1.54) is 6.07 Å². The Bertz CT molecular complexity index is 460. The number of hydrogen-bond donors (Lipinski definition) is 1. The third-order valence-electron chi connectivity index (χ3n) is 3.83. The van der Waals surface area contributed by atoms with Crippen molar-refractivity contribution in [2.45, 2.75) is 26.8 Å². The highest BCUT2D eigenvalue weighted by Crippen LogP contribution is 2.42. The van der Waals surface area contributed by atoms with Crippen molar-refractivity contribution in [2.75, 3.05) is 33.3 Å². The van der Waals surface area contributed by atoms with Crippen molar-refractivity contribution in [2.24, 2.45) is 5.41 Å². The number of piperazine rings is 1. The fourth-order valence-corrected chi connectivity index (χ4v) is 3.11. The van der Waals surface area contributed by atoms with E-state index in [1.807, 2.05) is 6.07 Å². The summed E-state index contributed by atoms with van der Waals surface area (Å²) >= 11 is 0. The molecule has 0 aliphatic carbocycles. The molecule has 0 saturated carbocycles. The summed E-state index contributed by atoms with van der Waals surface area (Å²) in [7, 11) is 1.54. The van der Waals surface area contributed by atoms with Gasteiger partial charge in [-0.1, -0.05) is 32.9 Å². The minimum Gasteiger partial charge on any atom is -0.493 e. The average Bonchev–Trinajstić information content (AvgIpc) is 2.39. The van der Waals surface area contributed by atoms with Gasteiger partial charge in [-0.3, -0.25) is 4.90 Å². The molecule has 0 spiro atoms. The van der Waals surface area contributed by atoms with Gasteiger partial charge in [-0.05, 0) is 11.5 Å². The van der Waals surface area contributed by atoms with E-state index < -0.39 is 0 Å². The second-order valence-corrected chi connectivity index (χ2v) is 6.42. The first-order valence-electron chi connectivity index (χ1n) is 7.22. The summed E-state index contributed by atoms with van der Waals surface area (Å²) in [6.07, 6.45) is 0. The molecule has 1 fully saturated rings. The van der Waals surface area contributed by atoms with Crippen LogP contribution in [0.15, 0.2) is 18.2 Å². The van der Waals surface area contributed by atoms with Crippen LogP contribution in [0.2, 0.25) is 0 Å². The van der Waals surface area contributed by atoms with Crippen LogP contribution >= 0.6 is 24.8 Å². The number of methoxy groups -OCH3 is 1. The topological polar surface area (TPSA) is 24.5 Å². The van der Waals surface area contributed by atoms with Gasteiger partial charge in [0.05, 0.1) is 7.11 Å². The first kappa shape index (κ1) is 21.4. The molecule has 0 unspecified atom stereocenters. The van der Waals surface area contributed by atoms with Crippen molar-refractivity contribution in [1.29, 1.82) is 0 Å². The van der Waals surface area contributed by atoms with Crippen LogP contribution in [0.3, 0.4) is 0 Å². The van der Waals surface area contributed by atoms with E-state index in [-0.39, 0.29) is 42.1 Å². The van der Waals surface area contributed by atoms with Gasteiger partial charge in [-0.25, -0.2) is 4.39 Å². The third-order valence-corrected chi connectivity index (χ3v) is 3.83. The van der Waals surface area contributed by atoms with E-state index in [4.69, 9.17) is 4.74 Å². The Morgan fingerprint density at radius 1 is 1.18 bits per heavy atom. The van der Waals surface area contributed by atoms with Crippen LogP contribution in [0, 0.1) is 11.2 Å². The predicted octanol–water partition coefficient (Wildman–Crippen LogP) is 3.67. The van der Waals surface area contributed by atoms with E-state index in [0.29, 0.717) is 5.75 Å². The second-order valence-electron chi connectivity index (χ2n) is 6.42. The van der Waals surface area contributed by atoms with E-state index in [0.717, 1.165) is 31.7 Å². The maximum Gasteiger partial charge on any atom is 0.165 e. The Morgan fingerprint density at radius 3 is 2.27 bits per heavy atom. The molecule has 1 saturated heterocycles. The number of halogens is 3. The molecule has 0 aromatic heterocycles. The normalized spacial score (nSPS) is 17.1. The predicted molar refractivity (Wildman–Crippen MR) is 94.1 cm³/mol. The minimum atomic E-state index is -0.283. The molecule has 6 heteroatoms. The molecule has 1 aliphatic heterocycles. The highest BCUT2D eigenvalue weighted by molar-refractivity contribution is 5.85. The Hall–Kier alpha value is -0.550. The lowest BCUT2D eigenvalue weighted by atomic mass is 9.80. The minimum absolute atomic E-state index is 0. The highest BCUT2D eigenvalue weighted by Gasteiger charge is 2.35. The summed E-state index contributed by atoms with van der Waals surface area (Å²) in [6.45, 7) is 10.5. The number of para-hydroxylation sites is 1. The fraction of sp³-hybridized carbons (Fsp3) is 0.625. The SMILES string of the molecule is COc1c(F)cccc1[C@@H](N1CCNCC1)C(C)(C)C.Cl.Cl. The Kier molecular flexibility index (Phi) is 8.70.